The molecule has 0 atom stereocenters. The molecule has 0 aliphatic carbocycles. The number of carbonyl (C=O) groups excluding carboxylic acids is 1. The molecule has 7 nitrogen and oxygen atoms in total. The van der Waals surface area contributed by atoms with E-state index >= 15 is 0 Å². The van der Waals surface area contributed by atoms with Gasteiger partial charge in [0.1, 0.15) is 29.3 Å². The summed E-state index contributed by atoms with van der Waals surface area (Å²) in [7, 11) is 0. The molecule has 0 radical (unpaired) electrons. The van der Waals surface area contributed by atoms with E-state index in [1.807, 2.05) is 0 Å². The highest BCUT2D eigenvalue weighted by Gasteiger charge is 2.44. The number of ether oxygens (including phenoxy) is 1. The number of alkyl halides is 2. The van der Waals surface area contributed by atoms with Crippen LogP contribution < -0.4 is 4.74 Å². The quantitative estimate of drug-likeness (QED) is 0.115. The topological polar surface area (TPSA) is 105 Å². The van der Waals surface area contributed by atoms with E-state index in [1.165, 1.54) is 24.3 Å². The van der Waals surface area contributed by atoms with Gasteiger partial charge in [-0.15, -0.1) is 4.33 Å². The molecular weight excluding hydrogens is 374 g/mol. The molecule has 0 heterocycles. The van der Waals surface area contributed by atoms with Crippen LogP contribution in [0.4, 0.5) is 8.78 Å². The van der Waals surface area contributed by atoms with Crippen molar-refractivity contribution in [3.05, 3.63) is 42.5 Å². The number of aromatic hydroxyl groups is 2. The molecule has 10 heteroatoms. The van der Waals surface area contributed by atoms with Crippen LogP contribution >= 0.6 is 12.0 Å². The first-order chi connectivity index (χ1) is 12.4. The fraction of sp³-hybridized carbons (Fsp3) is 0.0625. The van der Waals surface area contributed by atoms with E-state index in [1.54, 1.807) is 18.2 Å². The predicted octanol–water partition coefficient (Wildman–Crippen LogP) is 3.97. The molecule has 26 heavy (non-hydrogen) atoms. The molecular formula is C16H10F2O7S. The number of hydrogen-bond acceptors (Lipinski definition) is 8. The maximum Gasteiger partial charge on any atom is 0.416 e. The second-order valence-electron chi connectivity index (χ2n) is 5.05. The molecule has 0 amide bonds. The van der Waals surface area contributed by atoms with Crippen LogP contribution in [0.15, 0.2) is 42.5 Å². The number of carbonyl (C=O) groups is 1. The smallest absolute Gasteiger partial charge is 0.416 e. The van der Waals surface area contributed by atoms with Gasteiger partial charge >= 0.3 is 11.2 Å². The first kappa shape index (κ1) is 18.1. The maximum atomic E-state index is 13.6. The lowest BCUT2D eigenvalue weighted by atomic mass is 10.00. The first-order valence-electron chi connectivity index (χ1n) is 6.98. The Morgan fingerprint density at radius 3 is 2.23 bits per heavy atom. The van der Waals surface area contributed by atoms with Gasteiger partial charge < -0.3 is 14.9 Å². The third-order valence-corrected chi connectivity index (χ3v) is 4.07. The van der Waals surface area contributed by atoms with E-state index in [0.29, 0.717) is 5.39 Å². The maximum absolute atomic E-state index is 13.6. The Hall–Kier alpha value is -2.66. The minimum atomic E-state index is -4.21. The summed E-state index contributed by atoms with van der Waals surface area (Å²) < 4.78 is 35.4. The van der Waals surface area contributed by atoms with Crippen molar-refractivity contribution in [2.75, 3.05) is 0 Å². The first-order valence-corrected chi connectivity index (χ1v) is 7.72. The summed E-state index contributed by atoms with van der Waals surface area (Å²) in [6, 6.07) is 10.3. The second kappa shape index (κ2) is 6.92. The molecule has 0 spiro atoms. The summed E-state index contributed by atoms with van der Waals surface area (Å²) in [5.74, 6) is -2.97. The van der Waals surface area contributed by atoms with Crippen LogP contribution in [-0.2, 0) is 14.2 Å². The number of hydrogen-bond donors (Lipinski definition) is 3. The summed E-state index contributed by atoms with van der Waals surface area (Å²) in [4.78, 5) is 11.7. The molecule has 3 aromatic rings. The van der Waals surface area contributed by atoms with Crippen LogP contribution in [0.2, 0.25) is 0 Å². The average Bonchev–Trinajstić information content (AvgIpc) is 2.64. The van der Waals surface area contributed by atoms with Gasteiger partial charge in [-0.1, -0.05) is 41.4 Å². The van der Waals surface area contributed by atoms with Gasteiger partial charge in [-0.25, -0.2) is 10.1 Å². The van der Waals surface area contributed by atoms with Crippen LogP contribution in [-0.4, -0.2) is 26.7 Å². The Labute approximate surface area is 148 Å². The second-order valence-corrected chi connectivity index (χ2v) is 5.87. The van der Waals surface area contributed by atoms with Crippen molar-refractivity contribution in [1.29, 1.82) is 0 Å². The van der Waals surface area contributed by atoms with E-state index in [0.717, 1.165) is 0 Å². The van der Waals surface area contributed by atoms with Gasteiger partial charge in [-0.2, -0.15) is 8.78 Å². The van der Waals surface area contributed by atoms with Crippen LogP contribution in [0, 0.1) is 0 Å². The summed E-state index contributed by atoms with van der Waals surface area (Å²) in [5.41, 5.74) is 0. The molecule has 0 aliphatic rings. The van der Waals surface area contributed by atoms with Crippen molar-refractivity contribution >= 4 is 39.6 Å². The summed E-state index contributed by atoms with van der Waals surface area (Å²) in [6.45, 7) is 0. The zero-order valence-corrected chi connectivity index (χ0v) is 13.5. The Morgan fingerprint density at radius 2 is 1.58 bits per heavy atom. The Balaban J connectivity index is 2.12. The van der Waals surface area contributed by atoms with Crippen molar-refractivity contribution < 1.29 is 43.2 Å². The number of rotatable bonds is 5. The molecule has 3 rings (SSSR count). The van der Waals surface area contributed by atoms with Crippen LogP contribution in [0.25, 0.3) is 21.5 Å². The summed E-state index contributed by atoms with van der Waals surface area (Å²) >= 11 is -0.771. The van der Waals surface area contributed by atoms with Crippen molar-refractivity contribution in [2.24, 2.45) is 0 Å². The average molecular weight is 384 g/mol. The Morgan fingerprint density at radius 1 is 0.962 bits per heavy atom. The van der Waals surface area contributed by atoms with Gasteiger partial charge in [0.2, 0.25) is 0 Å². The van der Waals surface area contributed by atoms with Gasteiger partial charge in [0, 0.05) is 16.2 Å². The van der Waals surface area contributed by atoms with E-state index in [-0.39, 0.29) is 27.7 Å². The minimum absolute atomic E-state index is 0.109. The normalized spacial score (nSPS) is 11.8. The highest BCUT2D eigenvalue weighted by Crippen LogP contribution is 2.45. The Bertz CT molecular complexity index is 993. The van der Waals surface area contributed by atoms with Gasteiger partial charge in [0.05, 0.1) is 5.39 Å². The highest BCUT2D eigenvalue weighted by atomic mass is 32.2. The van der Waals surface area contributed by atoms with E-state index < -0.39 is 29.0 Å². The molecule has 0 bridgehead atoms. The highest BCUT2D eigenvalue weighted by molar-refractivity contribution is 7.96. The zero-order valence-electron chi connectivity index (χ0n) is 12.7. The lowest BCUT2D eigenvalue weighted by molar-refractivity contribution is -0.433. The number of benzene rings is 3. The lowest BCUT2D eigenvalue weighted by Crippen LogP contribution is -2.30. The SMILES string of the molecule is O=C(Oc1cccc2c(O)c3ccccc3c(O)c12)C(F)(F)SOOO. The number of phenolic OH excluding ortho intramolecular Hbond substituents is 2. The van der Waals surface area contributed by atoms with Gasteiger partial charge in [-0.05, 0) is 6.07 Å². The number of fused-ring (bicyclic) bond motifs is 2. The molecule has 0 aliphatic heterocycles. The molecule has 0 saturated heterocycles. The van der Waals surface area contributed by atoms with E-state index in [9.17, 15) is 23.8 Å². The van der Waals surface area contributed by atoms with Crippen LogP contribution in [0.1, 0.15) is 0 Å². The van der Waals surface area contributed by atoms with Crippen LogP contribution in [0.5, 0.6) is 17.2 Å². The molecule has 0 fully saturated rings. The molecule has 3 N–H and O–H groups in total. The van der Waals surface area contributed by atoms with Crippen LogP contribution in [0.3, 0.4) is 0 Å². The molecule has 0 aromatic heterocycles. The lowest BCUT2D eigenvalue weighted by Gasteiger charge is -2.15. The van der Waals surface area contributed by atoms with Crippen molar-refractivity contribution in [3.8, 4) is 17.2 Å². The minimum Gasteiger partial charge on any atom is -0.507 e. The molecule has 0 unspecified atom stereocenters. The third kappa shape index (κ3) is 3.10. The molecule has 3 aromatic carbocycles. The number of esters is 1. The van der Waals surface area contributed by atoms with Crippen molar-refractivity contribution in [1.82, 2.24) is 0 Å². The summed E-state index contributed by atoms with van der Waals surface area (Å²) in [5, 5.41) is 28.2. The van der Waals surface area contributed by atoms with Crippen molar-refractivity contribution in [2.45, 2.75) is 5.25 Å². The molecule has 0 saturated carbocycles. The van der Waals surface area contributed by atoms with E-state index in [4.69, 9.17) is 5.26 Å². The largest absolute Gasteiger partial charge is 0.507 e. The number of halogens is 2. The Kier molecular flexibility index (Phi) is 4.83. The van der Waals surface area contributed by atoms with Crippen molar-refractivity contribution in [3.63, 3.8) is 0 Å². The monoisotopic (exact) mass is 384 g/mol. The third-order valence-electron chi connectivity index (χ3n) is 3.56. The van der Waals surface area contributed by atoms with Gasteiger partial charge in [0.25, 0.3) is 0 Å². The van der Waals surface area contributed by atoms with E-state index in [2.05, 4.69) is 14.1 Å². The molecule has 136 valence electrons. The fourth-order valence-electron chi connectivity index (χ4n) is 2.48. The fourth-order valence-corrected chi connectivity index (χ4v) is 2.71. The van der Waals surface area contributed by atoms with Gasteiger partial charge in [-0.3, -0.25) is 0 Å². The van der Waals surface area contributed by atoms with Gasteiger partial charge in [0.15, 0.2) is 0 Å². The standard InChI is InChI=1S/C16H10F2O7S/c17-16(18,26-25-24-22)15(21)23-11-7-3-6-10-12(11)14(20)9-5-2-1-4-8(9)13(10)19/h1-7,19-20,22H. The summed E-state index contributed by atoms with van der Waals surface area (Å²) in [6.07, 6.45) is 0. The predicted molar refractivity (Wildman–Crippen MR) is 87.8 cm³/mol. The zero-order chi connectivity index (χ0) is 18.9. The number of phenols is 2.